The number of carbonyl (C=O) groups excluding carboxylic acids is 2. The van der Waals surface area contributed by atoms with E-state index >= 15 is 0 Å². The number of esters is 2. The minimum atomic E-state index is -0.297. The molecule has 27 heavy (non-hydrogen) atoms. The fourth-order valence-electron chi connectivity index (χ4n) is 4.89. The molecule has 3 aliphatic carbocycles. The summed E-state index contributed by atoms with van der Waals surface area (Å²) in [5.41, 5.74) is 0. The number of ether oxygens (including phenoxy) is 2. The normalized spacial score (nSPS) is 37.6. The maximum absolute atomic E-state index is 13.1. The Hall–Kier alpha value is 1.74. The van der Waals surface area contributed by atoms with Crippen molar-refractivity contribution in [2.75, 3.05) is 0 Å². The van der Waals surface area contributed by atoms with Gasteiger partial charge >= 0.3 is 199 Å². The molecule has 1 heterocycles. The van der Waals surface area contributed by atoms with Crippen LogP contribution in [-0.2, 0) is 19.1 Å². The quantitative estimate of drug-likeness (QED) is 0.104. The van der Waals surface area contributed by atoms with E-state index in [2.05, 4.69) is 25.8 Å². The first kappa shape index (κ1) is 22.0. The fraction of sp³-hybridized carbons (Fsp3) is 0.875. The second-order valence-corrected chi connectivity index (χ2v) is 29.9. The number of rotatable bonds is 7. The molecule has 0 aromatic heterocycles. The first-order valence-electron chi connectivity index (χ1n) is 9.49. The molecule has 1 aliphatic heterocycles. The second-order valence-electron chi connectivity index (χ2n) is 7.67. The third-order valence-corrected chi connectivity index (χ3v) is 18.4. The molecule has 1 saturated heterocycles. The summed E-state index contributed by atoms with van der Waals surface area (Å²) in [6, 6.07) is 0. The van der Waals surface area contributed by atoms with Gasteiger partial charge in [0.1, 0.15) is 0 Å². The Balaban J connectivity index is 1.41. The first-order chi connectivity index (χ1) is 13.2. The van der Waals surface area contributed by atoms with Crippen LogP contribution in [0.4, 0.5) is 0 Å². The molecule has 4 aliphatic rings. The van der Waals surface area contributed by atoms with Crippen LogP contribution < -0.4 is 32.1 Å². The van der Waals surface area contributed by atoms with Crippen molar-refractivity contribution in [3.05, 3.63) is 0 Å². The minimum absolute atomic E-state index is 0.0593. The SMILES string of the molecule is O=C(OC1CCCCC1)C1C2CCC(C2)C1C(=O)OC(NI=II)[NH+]1N[I-]1. The molecule has 11 heteroatoms. The van der Waals surface area contributed by atoms with Crippen molar-refractivity contribution in [2.24, 2.45) is 23.7 Å². The molecule has 6 unspecified atom stereocenters. The molecular formula is C16H25I4N3O4. The first-order valence-corrected chi connectivity index (χ1v) is 25.3. The monoisotopic (exact) mass is 831 g/mol. The Bertz CT molecular complexity index is 600. The summed E-state index contributed by atoms with van der Waals surface area (Å²) in [6.45, 7) is 0. The van der Waals surface area contributed by atoms with E-state index in [9.17, 15) is 9.59 Å². The molecule has 4 fully saturated rings. The second kappa shape index (κ2) is 10.4. The van der Waals surface area contributed by atoms with E-state index in [4.69, 9.17) is 9.47 Å². The maximum atomic E-state index is 13.1. The van der Waals surface area contributed by atoms with Gasteiger partial charge in [-0.2, -0.15) is 0 Å². The van der Waals surface area contributed by atoms with Gasteiger partial charge in [0.15, 0.2) is 0 Å². The van der Waals surface area contributed by atoms with E-state index in [1.54, 1.807) is 0 Å². The van der Waals surface area contributed by atoms with Crippen LogP contribution in [0.1, 0.15) is 51.4 Å². The van der Waals surface area contributed by atoms with Crippen LogP contribution in [0.25, 0.3) is 0 Å². The predicted octanol–water partition coefficient (Wildman–Crippen LogP) is -0.615. The molecule has 0 aromatic rings. The van der Waals surface area contributed by atoms with Crippen LogP contribution >= 0.6 is 48.1 Å². The molecular weight excluding hydrogens is 806 g/mol. The van der Waals surface area contributed by atoms with Gasteiger partial charge < -0.3 is 0 Å². The van der Waals surface area contributed by atoms with Gasteiger partial charge in [-0.1, -0.05) is 0 Å². The number of hydrogen-bond donors (Lipinski definition) is 3. The Morgan fingerprint density at radius 2 is 1.78 bits per heavy atom. The number of nitrogens with one attached hydrogen (secondary N) is 3. The van der Waals surface area contributed by atoms with Gasteiger partial charge in [0.25, 0.3) is 0 Å². The number of hydrogen-bond acceptors (Lipinski definition) is 6. The third kappa shape index (κ3) is 5.51. The molecule has 3 saturated carbocycles. The summed E-state index contributed by atoms with van der Waals surface area (Å²) in [6.07, 6.45) is 8.37. The van der Waals surface area contributed by atoms with Crippen molar-refractivity contribution < 1.29 is 44.0 Å². The van der Waals surface area contributed by atoms with Gasteiger partial charge in [-0.15, -0.1) is 0 Å². The molecule has 0 spiro atoms. The van der Waals surface area contributed by atoms with Crippen LogP contribution in [-0.4, -0.2) is 24.4 Å². The van der Waals surface area contributed by atoms with Gasteiger partial charge in [0.2, 0.25) is 0 Å². The Morgan fingerprint density at radius 1 is 1.11 bits per heavy atom. The summed E-state index contributed by atoms with van der Waals surface area (Å²) in [5.74, 6) is -0.277. The van der Waals surface area contributed by atoms with E-state index in [1.165, 1.54) is 9.64 Å². The Morgan fingerprint density at radius 3 is 2.41 bits per heavy atom. The topological polar surface area (TPSA) is 91.0 Å². The van der Waals surface area contributed by atoms with E-state index < -0.39 is 0 Å². The summed E-state index contributed by atoms with van der Waals surface area (Å²) in [4.78, 5) is 26.0. The number of halogens is 4. The van der Waals surface area contributed by atoms with Crippen molar-refractivity contribution in [1.82, 2.24) is 7.17 Å². The third-order valence-electron chi connectivity index (χ3n) is 6.13. The number of carbonyl (C=O) groups is 2. The zero-order chi connectivity index (χ0) is 18.8. The molecule has 2 bridgehead atoms. The van der Waals surface area contributed by atoms with E-state index in [1.807, 2.05) is 0 Å². The number of fused-ring (bicyclic) bond motifs is 2. The van der Waals surface area contributed by atoms with Gasteiger partial charge in [-0.25, -0.2) is 0 Å². The van der Waals surface area contributed by atoms with Crippen molar-refractivity contribution >= 4 is 60.0 Å². The molecule has 0 aromatic carbocycles. The molecule has 6 atom stereocenters. The fourth-order valence-corrected chi connectivity index (χ4v) is 13.3. The summed E-state index contributed by atoms with van der Waals surface area (Å²) in [7, 11) is 0. The van der Waals surface area contributed by atoms with Crippen LogP contribution in [0.15, 0.2) is 0 Å². The Kier molecular flexibility index (Phi) is 8.43. The molecule has 4 rings (SSSR count). The van der Waals surface area contributed by atoms with Gasteiger partial charge in [0.05, 0.1) is 0 Å². The standard InChI is InChI=1S/C16H25I4N3O4/c17-18-19-21-16(23-20-22-23)27-15(25)13-10-7-6-9(8-10)12(13)14(24)26-11-4-2-1-3-5-11/h9-13,16,21-23H,1-8H2. The van der Waals surface area contributed by atoms with Gasteiger partial charge in [0, 0.05) is 0 Å². The zero-order valence-electron chi connectivity index (χ0n) is 14.8. The average molecular weight is 831 g/mol. The van der Waals surface area contributed by atoms with Crippen molar-refractivity contribution in [3.8, 4) is 0 Å². The molecule has 0 radical (unpaired) electrons. The van der Waals surface area contributed by atoms with Gasteiger partial charge in [-0.3, -0.25) is 0 Å². The van der Waals surface area contributed by atoms with Crippen molar-refractivity contribution in [1.29, 1.82) is 0 Å². The van der Waals surface area contributed by atoms with Crippen molar-refractivity contribution in [2.45, 2.75) is 63.8 Å². The van der Waals surface area contributed by atoms with E-state index in [0.717, 1.165) is 44.9 Å². The van der Waals surface area contributed by atoms with Crippen LogP contribution in [0.3, 0.4) is 0 Å². The molecule has 0 amide bonds. The van der Waals surface area contributed by atoms with Crippen LogP contribution in [0, 0.1) is 23.7 Å². The van der Waals surface area contributed by atoms with Crippen LogP contribution in [0.2, 0.25) is 0 Å². The average Bonchev–Trinajstić information content (AvgIpc) is 3.32. The van der Waals surface area contributed by atoms with Gasteiger partial charge in [-0.05, 0) is 0 Å². The predicted molar refractivity (Wildman–Crippen MR) is 120 cm³/mol. The molecule has 7 nitrogen and oxygen atoms in total. The van der Waals surface area contributed by atoms with E-state index in [-0.39, 0.29) is 87.5 Å². The molecule has 156 valence electrons. The van der Waals surface area contributed by atoms with E-state index in [0.29, 0.717) is 11.8 Å². The molecule has 3 N–H and O–H groups in total. The number of quaternary nitrogens is 1. The van der Waals surface area contributed by atoms with Crippen molar-refractivity contribution in [3.63, 3.8) is 0 Å². The van der Waals surface area contributed by atoms with Crippen LogP contribution in [0.5, 0.6) is 0 Å². The summed E-state index contributed by atoms with van der Waals surface area (Å²) >= 11 is 2.47. The Labute approximate surface area is 196 Å². The summed E-state index contributed by atoms with van der Waals surface area (Å²) in [5, 5.41) is 0. The zero-order valence-corrected chi connectivity index (χ0v) is 23.4. The summed E-state index contributed by atoms with van der Waals surface area (Å²) < 4.78 is 19.7.